The van der Waals surface area contributed by atoms with Gasteiger partial charge in [-0.05, 0) is 66.9 Å². The Hall–Kier alpha value is -2.66. The van der Waals surface area contributed by atoms with Crippen LogP contribution in [0.2, 0.25) is 5.02 Å². The minimum Gasteiger partial charge on any atom is -0.456 e. The van der Waals surface area contributed by atoms with Gasteiger partial charge in [-0.3, -0.25) is 4.72 Å². The van der Waals surface area contributed by atoms with Crippen LogP contribution in [-0.2, 0) is 10.0 Å². The van der Waals surface area contributed by atoms with E-state index >= 15 is 0 Å². The Kier molecular flexibility index (Phi) is 6.15. The molecule has 3 aromatic rings. The summed E-state index contributed by atoms with van der Waals surface area (Å²) in [5.74, 6) is 0.694. The molecule has 1 N–H and O–H groups in total. The highest BCUT2D eigenvalue weighted by molar-refractivity contribution is 7.98. The van der Waals surface area contributed by atoms with Crippen molar-refractivity contribution >= 4 is 39.1 Å². The molecule has 0 aliphatic heterocycles. The third-order valence-corrected chi connectivity index (χ3v) is 6.25. The smallest absolute Gasteiger partial charge is 0.261 e. The second-order valence-electron chi connectivity index (χ2n) is 5.63. The van der Waals surface area contributed by atoms with Crippen LogP contribution in [0.3, 0.4) is 0 Å². The number of hydrogen-bond donors (Lipinski definition) is 1. The zero-order valence-corrected chi connectivity index (χ0v) is 17.1. The normalized spacial score (nSPS) is 10.9. The number of nitriles is 1. The second kappa shape index (κ2) is 8.57. The summed E-state index contributed by atoms with van der Waals surface area (Å²) in [6.07, 6.45) is 1.95. The summed E-state index contributed by atoms with van der Waals surface area (Å²) in [4.78, 5) is 1.14. The maximum atomic E-state index is 12.6. The van der Waals surface area contributed by atoms with Crippen LogP contribution in [0.15, 0.2) is 76.5 Å². The molecule has 0 radical (unpaired) electrons. The largest absolute Gasteiger partial charge is 0.456 e. The first-order valence-corrected chi connectivity index (χ1v) is 11.1. The van der Waals surface area contributed by atoms with Crippen LogP contribution in [-0.4, -0.2) is 14.7 Å². The molecule has 3 rings (SSSR count). The number of halogens is 1. The summed E-state index contributed by atoms with van der Waals surface area (Å²) in [6.45, 7) is 0. The average molecular weight is 431 g/mol. The summed E-state index contributed by atoms with van der Waals surface area (Å²) in [5, 5.41) is 9.49. The number of anilines is 1. The van der Waals surface area contributed by atoms with Gasteiger partial charge in [0.2, 0.25) is 0 Å². The van der Waals surface area contributed by atoms with E-state index in [-0.39, 0.29) is 15.5 Å². The van der Waals surface area contributed by atoms with E-state index < -0.39 is 10.0 Å². The molecule has 0 fully saturated rings. The summed E-state index contributed by atoms with van der Waals surface area (Å²) < 4.78 is 33.3. The molecule has 0 aliphatic rings. The molecule has 0 amide bonds. The van der Waals surface area contributed by atoms with Crippen molar-refractivity contribution in [3.05, 3.63) is 77.3 Å². The lowest BCUT2D eigenvalue weighted by Gasteiger charge is -2.11. The van der Waals surface area contributed by atoms with Crippen molar-refractivity contribution in [2.24, 2.45) is 0 Å². The van der Waals surface area contributed by atoms with Crippen molar-refractivity contribution in [3.8, 4) is 17.6 Å². The number of thioether (sulfide) groups is 1. The van der Waals surface area contributed by atoms with Crippen molar-refractivity contribution in [3.63, 3.8) is 0 Å². The van der Waals surface area contributed by atoms with Gasteiger partial charge >= 0.3 is 0 Å². The van der Waals surface area contributed by atoms with Gasteiger partial charge in [0, 0.05) is 10.6 Å². The Morgan fingerprint density at radius 2 is 1.71 bits per heavy atom. The molecule has 0 aliphatic carbocycles. The topological polar surface area (TPSA) is 79.2 Å². The fourth-order valence-electron chi connectivity index (χ4n) is 2.38. The molecular formula is C20H15ClN2O3S2. The summed E-state index contributed by atoms with van der Waals surface area (Å²) in [6, 6.07) is 19.9. The van der Waals surface area contributed by atoms with Gasteiger partial charge in [-0.25, -0.2) is 8.42 Å². The Labute approximate surface area is 173 Å². The zero-order valence-electron chi connectivity index (χ0n) is 14.7. The monoisotopic (exact) mass is 430 g/mol. The lowest BCUT2D eigenvalue weighted by molar-refractivity contribution is 0.480. The SMILES string of the molecule is CSc1ccc(NS(=O)(=O)c2ccc(Oc3cccc(Cl)c3C#N)cc2)cc1. The van der Waals surface area contributed by atoms with Crippen LogP contribution in [0, 0.1) is 11.3 Å². The maximum absolute atomic E-state index is 12.6. The van der Waals surface area contributed by atoms with Crippen LogP contribution in [0.25, 0.3) is 0 Å². The van der Waals surface area contributed by atoms with Crippen LogP contribution in [0.4, 0.5) is 5.69 Å². The molecule has 0 bridgehead atoms. The Bertz CT molecular complexity index is 1120. The van der Waals surface area contributed by atoms with Crippen LogP contribution in [0.5, 0.6) is 11.5 Å². The van der Waals surface area contributed by atoms with E-state index in [2.05, 4.69) is 4.72 Å². The van der Waals surface area contributed by atoms with E-state index in [0.717, 1.165) is 4.90 Å². The van der Waals surface area contributed by atoms with Crippen LogP contribution < -0.4 is 9.46 Å². The Morgan fingerprint density at radius 1 is 1.04 bits per heavy atom. The predicted octanol–water partition coefficient (Wildman–Crippen LogP) is 5.53. The molecule has 0 aromatic heterocycles. The quantitative estimate of drug-likeness (QED) is 0.520. The average Bonchev–Trinajstić information content (AvgIpc) is 2.69. The molecule has 28 heavy (non-hydrogen) atoms. The van der Waals surface area contributed by atoms with Gasteiger partial charge in [-0.1, -0.05) is 17.7 Å². The maximum Gasteiger partial charge on any atom is 0.261 e. The molecule has 0 atom stereocenters. The number of benzene rings is 3. The first-order chi connectivity index (χ1) is 13.4. The van der Waals surface area contributed by atoms with E-state index in [4.69, 9.17) is 16.3 Å². The third-order valence-electron chi connectivity index (χ3n) is 3.79. The standard InChI is InChI=1S/C20H15ClN2O3S2/c1-27-16-9-5-14(6-10-16)23-28(24,25)17-11-7-15(8-12-17)26-20-4-2-3-19(21)18(20)13-22/h2-12,23H,1H3. The molecule has 142 valence electrons. The third kappa shape index (κ3) is 4.60. The highest BCUT2D eigenvalue weighted by Gasteiger charge is 2.15. The van der Waals surface area contributed by atoms with E-state index in [1.807, 2.05) is 24.5 Å². The van der Waals surface area contributed by atoms with Crippen LogP contribution in [0.1, 0.15) is 5.56 Å². The number of sulfonamides is 1. The van der Waals surface area contributed by atoms with Gasteiger partial charge in [0.25, 0.3) is 10.0 Å². The fraction of sp³-hybridized carbons (Fsp3) is 0.0500. The highest BCUT2D eigenvalue weighted by atomic mass is 35.5. The zero-order chi connectivity index (χ0) is 20.1. The molecule has 5 nitrogen and oxygen atoms in total. The van der Waals surface area contributed by atoms with Gasteiger partial charge in [-0.15, -0.1) is 11.8 Å². The first kappa shape index (κ1) is 20.1. The summed E-state index contributed by atoms with van der Waals surface area (Å²) >= 11 is 7.56. The summed E-state index contributed by atoms with van der Waals surface area (Å²) in [7, 11) is -3.73. The summed E-state index contributed by atoms with van der Waals surface area (Å²) in [5.41, 5.74) is 0.701. The Morgan fingerprint density at radius 3 is 2.32 bits per heavy atom. The van der Waals surface area contributed by atoms with Crippen molar-refractivity contribution in [1.29, 1.82) is 5.26 Å². The van der Waals surface area contributed by atoms with Gasteiger partial charge in [0.1, 0.15) is 23.1 Å². The van der Waals surface area contributed by atoms with Crippen molar-refractivity contribution in [2.45, 2.75) is 9.79 Å². The van der Waals surface area contributed by atoms with Gasteiger partial charge in [-0.2, -0.15) is 5.26 Å². The number of nitrogens with one attached hydrogen (secondary N) is 1. The molecule has 0 unspecified atom stereocenters. The fourth-order valence-corrected chi connectivity index (χ4v) is 4.06. The van der Waals surface area contributed by atoms with Gasteiger partial charge in [0.15, 0.2) is 0 Å². The molecule has 0 saturated heterocycles. The molecule has 0 spiro atoms. The molecular weight excluding hydrogens is 416 g/mol. The number of rotatable bonds is 6. The van der Waals surface area contributed by atoms with Crippen molar-refractivity contribution in [2.75, 3.05) is 11.0 Å². The number of hydrogen-bond acceptors (Lipinski definition) is 5. The number of nitrogens with zero attached hydrogens (tertiary/aromatic N) is 1. The lowest BCUT2D eigenvalue weighted by Crippen LogP contribution is -2.12. The Balaban J connectivity index is 1.78. The van der Waals surface area contributed by atoms with Crippen molar-refractivity contribution < 1.29 is 13.2 Å². The van der Waals surface area contributed by atoms with E-state index in [1.54, 1.807) is 42.1 Å². The lowest BCUT2D eigenvalue weighted by atomic mass is 10.2. The van der Waals surface area contributed by atoms with Gasteiger partial charge in [0.05, 0.1) is 9.92 Å². The van der Waals surface area contributed by atoms with Crippen molar-refractivity contribution in [1.82, 2.24) is 0 Å². The molecule has 3 aromatic carbocycles. The second-order valence-corrected chi connectivity index (χ2v) is 8.60. The minimum atomic E-state index is -3.73. The first-order valence-electron chi connectivity index (χ1n) is 8.06. The van der Waals surface area contributed by atoms with Crippen LogP contribution >= 0.6 is 23.4 Å². The van der Waals surface area contributed by atoms with E-state index in [0.29, 0.717) is 17.2 Å². The predicted molar refractivity (Wildman–Crippen MR) is 112 cm³/mol. The molecule has 0 heterocycles. The van der Waals surface area contributed by atoms with Gasteiger partial charge < -0.3 is 4.74 Å². The van der Waals surface area contributed by atoms with E-state index in [1.165, 1.54) is 24.3 Å². The molecule has 8 heteroatoms. The minimum absolute atomic E-state index is 0.0976. The highest BCUT2D eigenvalue weighted by Crippen LogP contribution is 2.30. The number of ether oxygens (including phenoxy) is 1. The molecule has 0 saturated carbocycles. The van der Waals surface area contributed by atoms with E-state index in [9.17, 15) is 13.7 Å².